The molecule has 3 aromatic carbocycles. The van der Waals surface area contributed by atoms with Crippen molar-refractivity contribution < 1.29 is 43.5 Å². The Balaban J connectivity index is 1.47. The summed E-state index contributed by atoms with van der Waals surface area (Å²) < 4.78 is 0. The second kappa shape index (κ2) is 27.5. The minimum atomic E-state index is -1.41. The van der Waals surface area contributed by atoms with Crippen LogP contribution in [0.4, 0.5) is 0 Å². The Morgan fingerprint density at radius 1 is 0.600 bits per heavy atom. The molecule has 0 aromatic heterocycles. The number of likely N-dealkylation sites (tertiary alicyclic amines) is 1. The third-order valence-electron chi connectivity index (χ3n) is 12.2. The maximum absolute atomic E-state index is 14.3. The minimum absolute atomic E-state index is 0.0421. The number of carbonyl (C=O) groups excluding carboxylic acids is 8. The summed E-state index contributed by atoms with van der Waals surface area (Å²) in [7, 11) is 0. The lowest BCUT2D eigenvalue weighted by molar-refractivity contribution is -0.142. The molecular formula is C53H74N8O9. The monoisotopic (exact) mass is 967 g/mol. The summed E-state index contributed by atoms with van der Waals surface area (Å²) in [5.41, 5.74) is 7.99. The normalized spacial score (nSPS) is 16.5. The van der Waals surface area contributed by atoms with Crippen molar-refractivity contribution in [3.8, 4) is 0 Å². The van der Waals surface area contributed by atoms with Crippen LogP contribution < -0.4 is 37.6 Å². The number of aliphatic hydroxyl groups excluding tert-OH is 1. The number of nitrogens with two attached hydrogens (primary N) is 1. The first-order chi connectivity index (χ1) is 33.2. The predicted molar refractivity (Wildman–Crippen MR) is 266 cm³/mol. The Hall–Kier alpha value is -6.62. The highest BCUT2D eigenvalue weighted by molar-refractivity contribution is 5.96. The van der Waals surface area contributed by atoms with Gasteiger partial charge in [-0.25, -0.2) is 0 Å². The lowest BCUT2D eigenvalue weighted by atomic mass is 9.95. The van der Waals surface area contributed by atoms with Gasteiger partial charge in [0, 0.05) is 32.7 Å². The van der Waals surface area contributed by atoms with Gasteiger partial charge in [0.15, 0.2) is 0 Å². The second-order valence-electron chi connectivity index (χ2n) is 19.5. The third kappa shape index (κ3) is 18.0. The highest BCUT2D eigenvalue weighted by atomic mass is 16.3. The Kier molecular flexibility index (Phi) is 22.0. The molecule has 0 saturated carbocycles. The molecule has 0 radical (unpaired) electrons. The first-order valence-electron chi connectivity index (χ1n) is 24.4. The number of aliphatic hydroxyl groups is 1. The van der Waals surface area contributed by atoms with Gasteiger partial charge in [0.2, 0.25) is 47.3 Å². The lowest BCUT2D eigenvalue weighted by Crippen LogP contribution is -2.60. The molecule has 3 aromatic rings. The van der Waals surface area contributed by atoms with E-state index in [0.717, 1.165) is 16.7 Å². The first-order valence-corrected chi connectivity index (χ1v) is 24.4. The van der Waals surface area contributed by atoms with Crippen molar-refractivity contribution in [2.75, 3.05) is 6.54 Å². The van der Waals surface area contributed by atoms with Crippen LogP contribution >= 0.6 is 0 Å². The van der Waals surface area contributed by atoms with E-state index < -0.39 is 108 Å². The molecule has 1 aliphatic rings. The Labute approximate surface area is 412 Å². The zero-order valence-corrected chi connectivity index (χ0v) is 41.6. The Bertz CT molecular complexity index is 2210. The van der Waals surface area contributed by atoms with Crippen molar-refractivity contribution in [1.82, 2.24) is 36.8 Å². The van der Waals surface area contributed by atoms with Crippen LogP contribution in [-0.2, 0) is 57.6 Å². The summed E-state index contributed by atoms with van der Waals surface area (Å²) in [5.74, 6) is -5.21. The van der Waals surface area contributed by atoms with E-state index in [0.29, 0.717) is 12.8 Å². The number of rotatable bonds is 26. The molecule has 1 heterocycles. The average molecular weight is 967 g/mol. The Morgan fingerprint density at radius 3 is 1.59 bits per heavy atom. The Morgan fingerprint density at radius 2 is 1.10 bits per heavy atom. The average Bonchev–Trinajstić information content (AvgIpc) is 3.80. The predicted octanol–water partition coefficient (Wildman–Crippen LogP) is 2.62. The van der Waals surface area contributed by atoms with Gasteiger partial charge in [-0.05, 0) is 60.1 Å². The maximum Gasteiger partial charge on any atom is 0.246 e. The van der Waals surface area contributed by atoms with Crippen molar-refractivity contribution in [3.63, 3.8) is 0 Å². The SMILES string of the molecule is CC(=O)N[C@@H](Cc1ccccc1)C(=O)N1CCC[C@@H]1C(=O)N[C@@H](Cc1ccccc1)C(=O)N[C@H](C(=O)N[C@@H](CC(C)C)[C@@H](O)CC(=O)N[C@@H](CC(C)C)C(=O)N[C@@H](Cc1ccccc1)C(N)=O)C(C)C. The molecule has 380 valence electrons. The fourth-order valence-corrected chi connectivity index (χ4v) is 8.64. The fourth-order valence-electron chi connectivity index (χ4n) is 8.64. The summed E-state index contributed by atoms with van der Waals surface area (Å²) in [4.78, 5) is 110. The molecule has 17 heteroatoms. The summed E-state index contributed by atoms with van der Waals surface area (Å²) in [6, 6.07) is 20.1. The zero-order chi connectivity index (χ0) is 51.5. The molecule has 1 saturated heterocycles. The van der Waals surface area contributed by atoms with Gasteiger partial charge in [0.05, 0.1) is 18.6 Å². The molecule has 0 bridgehead atoms. The van der Waals surface area contributed by atoms with Gasteiger partial charge in [-0.15, -0.1) is 0 Å². The van der Waals surface area contributed by atoms with E-state index in [1.807, 2.05) is 70.2 Å². The summed E-state index contributed by atoms with van der Waals surface area (Å²) in [6.45, 7) is 12.6. The van der Waals surface area contributed by atoms with E-state index in [9.17, 15) is 43.5 Å². The van der Waals surface area contributed by atoms with Gasteiger partial charge in [0.25, 0.3) is 0 Å². The second-order valence-corrected chi connectivity index (χ2v) is 19.5. The van der Waals surface area contributed by atoms with Crippen LogP contribution in [0, 0.1) is 17.8 Å². The van der Waals surface area contributed by atoms with E-state index in [1.165, 1.54) is 11.8 Å². The molecule has 17 nitrogen and oxygen atoms in total. The van der Waals surface area contributed by atoms with E-state index in [-0.39, 0.29) is 50.5 Å². The van der Waals surface area contributed by atoms with Crippen LogP contribution in [0.2, 0.25) is 0 Å². The highest BCUT2D eigenvalue weighted by Gasteiger charge is 2.40. The minimum Gasteiger partial charge on any atom is -0.390 e. The van der Waals surface area contributed by atoms with Crippen LogP contribution in [0.5, 0.6) is 0 Å². The molecule has 1 fully saturated rings. The van der Waals surface area contributed by atoms with Gasteiger partial charge < -0.3 is 47.6 Å². The zero-order valence-electron chi connectivity index (χ0n) is 41.6. The molecule has 0 unspecified atom stereocenters. The van der Waals surface area contributed by atoms with Crippen LogP contribution in [0.3, 0.4) is 0 Å². The molecule has 8 amide bonds. The standard InChI is InChI=1S/C53H74N8O9/c1-32(2)26-39(45(63)31-46(64)56-41(27-33(3)4)49(66)58-40(48(54)65)28-36-18-11-8-12-19-36)57-52(69)47(34(5)6)60-50(67)42(29-37-20-13-9-14-21-37)59-51(68)44-24-17-25-61(44)53(70)43(55-35(7)62)30-38-22-15-10-16-23-38/h8-16,18-23,32-34,39-45,47,63H,17,24-31H2,1-7H3,(H2,54,65)(H,55,62)(H,56,64)(H,57,69)(H,58,66)(H,59,68)(H,60,67)/t39-,40-,41-,42-,43-,44+,45-,47-/m0/s1. The van der Waals surface area contributed by atoms with Crippen molar-refractivity contribution in [3.05, 3.63) is 108 Å². The summed E-state index contributed by atoms with van der Waals surface area (Å²) in [5, 5.41) is 28.2. The van der Waals surface area contributed by atoms with Gasteiger partial charge in [-0.2, -0.15) is 0 Å². The molecule has 8 atom stereocenters. The number of benzene rings is 3. The van der Waals surface area contributed by atoms with Crippen molar-refractivity contribution in [2.45, 2.75) is 148 Å². The molecule has 70 heavy (non-hydrogen) atoms. The van der Waals surface area contributed by atoms with E-state index in [4.69, 9.17) is 5.73 Å². The number of carbonyl (C=O) groups is 8. The molecule has 4 rings (SSSR count). The molecular weight excluding hydrogens is 893 g/mol. The summed E-state index contributed by atoms with van der Waals surface area (Å²) in [6.07, 6.45) is -0.117. The summed E-state index contributed by atoms with van der Waals surface area (Å²) >= 11 is 0. The van der Waals surface area contributed by atoms with Gasteiger partial charge in [-0.3, -0.25) is 38.4 Å². The van der Waals surface area contributed by atoms with Gasteiger partial charge in [-0.1, -0.05) is 133 Å². The van der Waals surface area contributed by atoms with Crippen molar-refractivity contribution >= 4 is 47.3 Å². The number of hydrogen-bond acceptors (Lipinski definition) is 9. The molecule has 0 spiro atoms. The number of nitrogens with one attached hydrogen (secondary N) is 6. The van der Waals surface area contributed by atoms with Gasteiger partial charge >= 0.3 is 0 Å². The smallest absolute Gasteiger partial charge is 0.246 e. The van der Waals surface area contributed by atoms with Crippen molar-refractivity contribution in [2.24, 2.45) is 23.5 Å². The molecule has 9 N–H and O–H groups in total. The third-order valence-corrected chi connectivity index (χ3v) is 12.2. The fraction of sp³-hybridized carbons (Fsp3) is 0.509. The van der Waals surface area contributed by atoms with Crippen LogP contribution in [0.1, 0.15) is 97.3 Å². The largest absolute Gasteiger partial charge is 0.390 e. The highest BCUT2D eigenvalue weighted by Crippen LogP contribution is 2.21. The first kappa shape index (κ1) is 56.0. The van der Waals surface area contributed by atoms with Crippen LogP contribution in [-0.4, -0.2) is 112 Å². The van der Waals surface area contributed by atoms with Crippen LogP contribution in [0.25, 0.3) is 0 Å². The van der Waals surface area contributed by atoms with Crippen molar-refractivity contribution in [1.29, 1.82) is 0 Å². The number of amides is 8. The maximum atomic E-state index is 14.3. The number of nitrogens with zero attached hydrogens (tertiary/aromatic N) is 1. The van der Waals surface area contributed by atoms with E-state index in [1.54, 1.807) is 62.4 Å². The quantitative estimate of drug-likeness (QED) is 0.0588. The number of primary amides is 1. The molecule has 1 aliphatic heterocycles. The molecule has 0 aliphatic carbocycles. The topological polar surface area (TPSA) is 258 Å². The lowest BCUT2D eigenvalue weighted by Gasteiger charge is -2.31. The van der Waals surface area contributed by atoms with E-state index in [2.05, 4.69) is 31.9 Å². The van der Waals surface area contributed by atoms with Crippen LogP contribution in [0.15, 0.2) is 91.0 Å². The van der Waals surface area contributed by atoms with E-state index >= 15 is 0 Å². The van der Waals surface area contributed by atoms with Gasteiger partial charge in [0.1, 0.15) is 36.3 Å². The number of hydrogen-bond donors (Lipinski definition) is 8.